The van der Waals surface area contributed by atoms with Crippen LogP contribution in [0.15, 0.2) is 48.5 Å². The molecule has 0 aliphatic heterocycles. The fourth-order valence-corrected chi connectivity index (χ4v) is 2.75. The number of carbonyl (C=O) groups is 1. The molecule has 0 bridgehead atoms. The van der Waals surface area contributed by atoms with Crippen LogP contribution in [0.5, 0.6) is 0 Å². The number of rotatable bonds is 3. The van der Waals surface area contributed by atoms with Crippen LogP contribution < -0.4 is 10.6 Å². The first-order valence-corrected chi connectivity index (χ1v) is 8.39. The van der Waals surface area contributed by atoms with Crippen molar-refractivity contribution in [3.8, 4) is 0 Å². The van der Waals surface area contributed by atoms with E-state index in [0.717, 1.165) is 14.7 Å². The molecule has 5 heteroatoms. The lowest BCUT2D eigenvalue weighted by Crippen LogP contribution is -2.40. The molecule has 1 atom stereocenters. The molecule has 0 fully saturated rings. The van der Waals surface area contributed by atoms with Gasteiger partial charge in [-0.1, -0.05) is 36.4 Å². The van der Waals surface area contributed by atoms with Crippen LogP contribution in [0.4, 0.5) is 0 Å². The third kappa shape index (κ3) is 4.51. The van der Waals surface area contributed by atoms with Gasteiger partial charge in [-0.2, -0.15) is 0 Å². The second-order valence-corrected chi connectivity index (χ2v) is 6.59. The Labute approximate surface area is 149 Å². The van der Waals surface area contributed by atoms with Crippen LogP contribution in [-0.4, -0.2) is 11.0 Å². The highest BCUT2D eigenvalue weighted by Crippen LogP contribution is 2.14. The van der Waals surface area contributed by atoms with Crippen molar-refractivity contribution in [2.45, 2.75) is 19.9 Å². The van der Waals surface area contributed by atoms with E-state index in [2.05, 4.69) is 33.2 Å². The quantitative estimate of drug-likeness (QED) is 0.579. The average molecular weight is 424 g/mol. The van der Waals surface area contributed by atoms with Gasteiger partial charge < -0.3 is 5.32 Å². The van der Waals surface area contributed by atoms with Gasteiger partial charge in [0.1, 0.15) is 0 Å². The molecule has 0 saturated carbocycles. The molecule has 0 aliphatic carbocycles. The van der Waals surface area contributed by atoms with E-state index in [-0.39, 0.29) is 11.9 Å². The van der Waals surface area contributed by atoms with Crippen molar-refractivity contribution >= 4 is 45.8 Å². The number of amides is 1. The van der Waals surface area contributed by atoms with Crippen LogP contribution in [-0.2, 0) is 0 Å². The molecule has 3 nitrogen and oxygen atoms in total. The monoisotopic (exact) mass is 424 g/mol. The molecule has 2 N–H and O–H groups in total. The highest BCUT2D eigenvalue weighted by molar-refractivity contribution is 14.1. The second kappa shape index (κ2) is 7.69. The van der Waals surface area contributed by atoms with Crippen LogP contribution in [0, 0.1) is 10.5 Å². The molecule has 0 heterocycles. The predicted octanol–water partition coefficient (Wildman–Crippen LogP) is 3.97. The normalized spacial score (nSPS) is 11.6. The number of hydrogen-bond donors (Lipinski definition) is 2. The summed E-state index contributed by atoms with van der Waals surface area (Å²) in [6.45, 7) is 4.01. The summed E-state index contributed by atoms with van der Waals surface area (Å²) < 4.78 is 1.06. The molecule has 22 heavy (non-hydrogen) atoms. The van der Waals surface area contributed by atoms with Gasteiger partial charge in [0.15, 0.2) is 5.11 Å². The first kappa shape index (κ1) is 16.9. The van der Waals surface area contributed by atoms with Gasteiger partial charge in [-0.05, 0) is 71.9 Å². The van der Waals surface area contributed by atoms with Crippen LogP contribution in [0.2, 0.25) is 0 Å². The first-order chi connectivity index (χ1) is 10.5. The van der Waals surface area contributed by atoms with E-state index in [9.17, 15) is 4.79 Å². The Morgan fingerprint density at radius 3 is 2.50 bits per heavy atom. The molecule has 0 spiro atoms. The van der Waals surface area contributed by atoms with E-state index in [1.807, 2.05) is 56.3 Å². The molecule has 0 radical (unpaired) electrons. The van der Waals surface area contributed by atoms with E-state index in [4.69, 9.17) is 12.2 Å². The minimum absolute atomic E-state index is 0.0344. The summed E-state index contributed by atoms with van der Waals surface area (Å²) in [4.78, 5) is 12.2. The Bertz CT molecular complexity index is 688. The van der Waals surface area contributed by atoms with E-state index < -0.39 is 0 Å². The average Bonchev–Trinajstić information content (AvgIpc) is 2.50. The van der Waals surface area contributed by atoms with Crippen molar-refractivity contribution in [3.63, 3.8) is 0 Å². The number of carbonyl (C=O) groups excluding carboxylic acids is 1. The maximum absolute atomic E-state index is 12.2. The number of nitrogens with one attached hydrogen (secondary N) is 2. The number of benzene rings is 2. The molecule has 1 unspecified atom stereocenters. The summed E-state index contributed by atoms with van der Waals surface area (Å²) >= 11 is 7.44. The molecule has 0 aromatic heterocycles. The maximum atomic E-state index is 12.2. The van der Waals surface area contributed by atoms with Crippen LogP contribution >= 0.6 is 34.8 Å². The molecule has 2 aromatic rings. The lowest BCUT2D eigenvalue weighted by atomic mass is 10.1. The van der Waals surface area contributed by atoms with E-state index in [0.29, 0.717) is 10.7 Å². The smallest absolute Gasteiger partial charge is 0.257 e. The van der Waals surface area contributed by atoms with Crippen molar-refractivity contribution in [2.24, 2.45) is 0 Å². The topological polar surface area (TPSA) is 41.1 Å². The highest BCUT2D eigenvalue weighted by Gasteiger charge is 2.11. The van der Waals surface area contributed by atoms with Crippen molar-refractivity contribution < 1.29 is 4.79 Å². The van der Waals surface area contributed by atoms with Crippen LogP contribution in [0.3, 0.4) is 0 Å². The molecular weight excluding hydrogens is 407 g/mol. The zero-order chi connectivity index (χ0) is 16.1. The largest absolute Gasteiger partial charge is 0.356 e. The van der Waals surface area contributed by atoms with Gasteiger partial charge in [-0.3, -0.25) is 10.1 Å². The fourth-order valence-electron chi connectivity index (χ4n) is 1.97. The van der Waals surface area contributed by atoms with Gasteiger partial charge in [0.2, 0.25) is 0 Å². The molecule has 114 valence electrons. The maximum Gasteiger partial charge on any atom is 0.257 e. The first-order valence-electron chi connectivity index (χ1n) is 6.90. The molecule has 0 saturated heterocycles. The summed E-state index contributed by atoms with van der Waals surface area (Å²) in [6.07, 6.45) is 0. The predicted molar refractivity (Wildman–Crippen MR) is 102 cm³/mol. The Balaban J connectivity index is 1.96. The summed E-state index contributed by atoms with van der Waals surface area (Å²) in [7, 11) is 0. The number of thiocarbonyl (C=S) groups is 1. The summed E-state index contributed by atoms with van der Waals surface area (Å²) in [5, 5.41) is 6.17. The van der Waals surface area contributed by atoms with Crippen molar-refractivity contribution in [2.75, 3.05) is 0 Å². The molecule has 1 amide bonds. The standard InChI is InChI=1S/C17H17IN2OS/c1-11-8-9-14(10-15(11)18)16(21)20-17(22)19-12(2)13-6-4-3-5-7-13/h3-10,12H,1-2H3,(H2,19,20,21,22). The summed E-state index contributed by atoms with van der Waals surface area (Å²) in [6, 6.07) is 15.6. The Hall–Kier alpha value is -1.47. The highest BCUT2D eigenvalue weighted by atomic mass is 127. The molecule has 0 aliphatic rings. The Morgan fingerprint density at radius 2 is 1.86 bits per heavy atom. The van der Waals surface area contributed by atoms with Gasteiger partial charge in [-0.25, -0.2) is 0 Å². The number of halogens is 1. The second-order valence-electron chi connectivity index (χ2n) is 5.02. The number of hydrogen-bond acceptors (Lipinski definition) is 2. The van der Waals surface area contributed by atoms with E-state index in [1.54, 1.807) is 6.07 Å². The fraction of sp³-hybridized carbons (Fsp3) is 0.176. The van der Waals surface area contributed by atoms with Crippen molar-refractivity contribution in [3.05, 3.63) is 68.8 Å². The number of aryl methyl sites for hydroxylation is 1. The Kier molecular flexibility index (Phi) is 5.90. The van der Waals surface area contributed by atoms with Gasteiger partial charge in [0.25, 0.3) is 5.91 Å². The van der Waals surface area contributed by atoms with E-state index >= 15 is 0 Å². The van der Waals surface area contributed by atoms with Crippen molar-refractivity contribution in [1.82, 2.24) is 10.6 Å². The lowest BCUT2D eigenvalue weighted by molar-refractivity contribution is 0.0976. The third-order valence-corrected chi connectivity index (χ3v) is 4.69. The molecular formula is C17H17IN2OS. The van der Waals surface area contributed by atoms with Gasteiger partial charge in [0, 0.05) is 9.13 Å². The SMILES string of the molecule is Cc1ccc(C(=O)NC(=S)NC(C)c2ccccc2)cc1I. The van der Waals surface area contributed by atoms with E-state index in [1.165, 1.54) is 0 Å². The molecule has 2 aromatic carbocycles. The Morgan fingerprint density at radius 1 is 1.18 bits per heavy atom. The minimum atomic E-state index is -0.198. The minimum Gasteiger partial charge on any atom is -0.356 e. The zero-order valence-electron chi connectivity index (χ0n) is 12.4. The van der Waals surface area contributed by atoms with Crippen LogP contribution in [0.1, 0.15) is 34.5 Å². The van der Waals surface area contributed by atoms with Crippen molar-refractivity contribution in [1.29, 1.82) is 0 Å². The lowest BCUT2D eigenvalue weighted by Gasteiger charge is -2.16. The molecule has 2 rings (SSSR count). The van der Waals surface area contributed by atoms with Crippen LogP contribution in [0.25, 0.3) is 0 Å². The van der Waals surface area contributed by atoms with Gasteiger partial charge >= 0.3 is 0 Å². The summed E-state index contributed by atoms with van der Waals surface area (Å²) in [5.41, 5.74) is 2.87. The van der Waals surface area contributed by atoms with Gasteiger partial charge in [-0.15, -0.1) is 0 Å². The third-order valence-electron chi connectivity index (χ3n) is 3.31. The van der Waals surface area contributed by atoms with Gasteiger partial charge in [0.05, 0.1) is 6.04 Å². The zero-order valence-corrected chi connectivity index (χ0v) is 15.4. The summed E-state index contributed by atoms with van der Waals surface area (Å²) in [5.74, 6) is -0.198.